The first-order valence-electron chi connectivity index (χ1n) is 13.1. The molecule has 39 heavy (non-hydrogen) atoms. The molecule has 1 aromatic carbocycles. The average Bonchev–Trinajstić information content (AvgIpc) is 3.16. The van der Waals surface area contributed by atoms with E-state index in [2.05, 4.69) is 33.2 Å². The van der Waals surface area contributed by atoms with Gasteiger partial charge in [-0.2, -0.15) is 0 Å². The summed E-state index contributed by atoms with van der Waals surface area (Å²) in [5.74, 6) is 0.245. The van der Waals surface area contributed by atoms with Gasteiger partial charge < -0.3 is 16.2 Å². The van der Waals surface area contributed by atoms with Crippen molar-refractivity contribution in [1.82, 2.24) is 25.0 Å². The molecule has 5 N–H and O–H groups in total. The van der Waals surface area contributed by atoms with E-state index in [0.717, 1.165) is 37.9 Å². The first kappa shape index (κ1) is 28.4. The fraction of sp³-hybridized carbons (Fsp3) is 0.464. The summed E-state index contributed by atoms with van der Waals surface area (Å²) in [4.78, 5) is 14.9. The van der Waals surface area contributed by atoms with Gasteiger partial charge in [0.15, 0.2) is 0 Å². The summed E-state index contributed by atoms with van der Waals surface area (Å²) in [6.45, 7) is 9.18. The Labute approximate surface area is 241 Å². The second kappa shape index (κ2) is 10.7. The number of rotatable bonds is 6. The van der Waals surface area contributed by atoms with Crippen LogP contribution >= 0.6 is 23.4 Å². The third-order valence-electron chi connectivity index (χ3n) is 7.80. The number of aliphatic hydroxyl groups excluding tert-OH is 1. The van der Waals surface area contributed by atoms with E-state index < -0.39 is 21.3 Å². The Morgan fingerprint density at radius 2 is 1.92 bits per heavy atom. The second-order valence-corrected chi connectivity index (χ2v) is 14.7. The highest BCUT2D eigenvalue weighted by Crippen LogP contribution is 2.59. The lowest BCUT2D eigenvalue weighted by Gasteiger charge is -2.50. The minimum atomic E-state index is -1.42. The normalized spacial score (nSPS) is 21.2. The summed E-state index contributed by atoms with van der Waals surface area (Å²) < 4.78 is 17.0. The first-order chi connectivity index (χ1) is 18.5. The Kier molecular flexibility index (Phi) is 7.82. The van der Waals surface area contributed by atoms with E-state index in [4.69, 9.17) is 27.3 Å². The van der Waals surface area contributed by atoms with Crippen LogP contribution in [-0.2, 0) is 29.6 Å². The molecule has 2 atom stereocenters. The van der Waals surface area contributed by atoms with Crippen LogP contribution in [0.15, 0.2) is 46.5 Å². The quantitative estimate of drug-likeness (QED) is 0.337. The van der Waals surface area contributed by atoms with Gasteiger partial charge in [-0.3, -0.25) is 4.98 Å². The molecule has 2 aliphatic rings. The van der Waals surface area contributed by atoms with Crippen LogP contribution in [0.25, 0.3) is 0 Å². The van der Waals surface area contributed by atoms with Crippen LogP contribution < -0.4 is 15.8 Å². The number of hydrogen-bond acceptors (Lipinski definition) is 8. The molecule has 0 saturated carbocycles. The van der Waals surface area contributed by atoms with E-state index in [-0.39, 0.29) is 17.8 Å². The zero-order valence-corrected chi connectivity index (χ0v) is 25.1. The molecule has 3 aromatic rings. The smallest absolute Gasteiger partial charge is 0.143 e. The van der Waals surface area contributed by atoms with Crippen molar-refractivity contribution in [2.75, 3.05) is 18.8 Å². The maximum Gasteiger partial charge on any atom is 0.143 e. The van der Waals surface area contributed by atoms with E-state index in [9.17, 15) is 9.32 Å². The third-order valence-corrected chi connectivity index (χ3v) is 11.1. The number of nitrogens with one attached hydrogen (secondary N) is 2. The lowest BCUT2D eigenvalue weighted by atomic mass is 9.63. The van der Waals surface area contributed by atoms with Crippen molar-refractivity contribution in [3.05, 3.63) is 69.8 Å². The van der Waals surface area contributed by atoms with Gasteiger partial charge in [-0.15, -0.1) is 0 Å². The van der Waals surface area contributed by atoms with Crippen molar-refractivity contribution in [3.63, 3.8) is 0 Å². The average molecular weight is 587 g/mol. The topological polar surface area (TPSA) is 126 Å². The molecule has 0 unspecified atom stereocenters. The summed E-state index contributed by atoms with van der Waals surface area (Å²) in [6, 6.07) is 10.1. The molecule has 11 heteroatoms. The summed E-state index contributed by atoms with van der Waals surface area (Å²) in [6.07, 6.45) is 4.16. The molecule has 0 radical (unpaired) electrons. The SMILES string of the molecule is Cc1nc([C@@]2(N[S@](=O)C(C)(C)C)c3ccccc3CC23CCNCC3)c(CO)nc1Sc1ccnc(N)c1Cl. The number of aryl methyl sites for hydroxylation is 1. The fourth-order valence-electron chi connectivity index (χ4n) is 5.83. The number of halogens is 1. The van der Waals surface area contributed by atoms with Gasteiger partial charge in [-0.1, -0.05) is 47.6 Å². The molecule has 0 bridgehead atoms. The van der Waals surface area contributed by atoms with Gasteiger partial charge in [0.25, 0.3) is 0 Å². The van der Waals surface area contributed by atoms with Crippen LogP contribution in [0, 0.1) is 12.3 Å². The van der Waals surface area contributed by atoms with Crippen molar-refractivity contribution in [3.8, 4) is 0 Å². The van der Waals surface area contributed by atoms with Crippen LogP contribution in [0.1, 0.15) is 61.8 Å². The molecule has 2 aromatic heterocycles. The van der Waals surface area contributed by atoms with E-state index >= 15 is 0 Å². The molecule has 3 heterocycles. The van der Waals surface area contributed by atoms with Gasteiger partial charge in [-0.05, 0) is 77.2 Å². The summed E-state index contributed by atoms with van der Waals surface area (Å²) in [5.41, 5.74) is 8.76. The number of nitrogens with two attached hydrogens (primary N) is 1. The highest BCUT2D eigenvalue weighted by Gasteiger charge is 2.61. The predicted octanol–water partition coefficient (Wildman–Crippen LogP) is 4.28. The van der Waals surface area contributed by atoms with Crippen LogP contribution in [0.2, 0.25) is 5.02 Å². The van der Waals surface area contributed by atoms with Crippen LogP contribution in [0.4, 0.5) is 5.82 Å². The molecule has 1 aliphatic carbocycles. The van der Waals surface area contributed by atoms with Gasteiger partial charge in [0.1, 0.15) is 16.4 Å². The van der Waals surface area contributed by atoms with Crippen molar-refractivity contribution in [2.45, 2.75) is 73.8 Å². The monoisotopic (exact) mass is 586 g/mol. The Morgan fingerprint density at radius 1 is 1.21 bits per heavy atom. The largest absolute Gasteiger partial charge is 0.390 e. The third kappa shape index (κ3) is 4.89. The van der Waals surface area contributed by atoms with Gasteiger partial charge in [-0.25, -0.2) is 18.9 Å². The van der Waals surface area contributed by atoms with Crippen LogP contribution in [0.3, 0.4) is 0 Å². The van der Waals surface area contributed by atoms with Crippen LogP contribution in [-0.4, -0.2) is 42.1 Å². The van der Waals surface area contributed by atoms with Gasteiger partial charge in [0.05, 0.1) is 44.4 Å². The van der Waals surface area contributed by atoms with Gasteiger partial charge in [0, 0.05) is 16.5 Å². The zero-order valence-electron chi connectivity index (χ0n) is 22.7. The number of aromatic nitrogens is 3. The molecule has 8 nitrogen and oxygen atoms in total. The van der Waals surface area contributed by atoms with Crippen molar-refractivity contribution >= 4 is 40.2 Å². The van der Waals surface area contributed by atoms with Crippen molar-refractivity contribution < 1.29 is 9.32 Å². The Bertz CT molecular complexity index is 1420. The maximum atomic E-state index is 13.9. The number of pyridine rings is 1. The number of aliphatic hydroxyl groups is 1. The number of piperidine rings is 1. The Hall–Kier alpha value is -2.08. The molecule has 0 amide bonds. The summed E-state index contributed by atoms with van der Waals surface area (Å²) in [7, 11) is -1.42. The Morgan fingerprint density at radius 3 is 2.62 bits per heavy atom. The number of hydrogen-bond donors (Lipinski definition) is 4. The van der Waals surface area contributed by atoms with Crippen LogP contribution in [0.5, 0.6) is 0 Å². The van der Waals surface area contributed by atoms with E-state index in [1.807, 2.05) is 33.8 Å². The molecular formula is C28H35ClN6O2S2. The Balaban J connectivity index is 1.74. The minimum Gasteiger partial charge on any atom is -0.390 e. The minimum absolute atomic E-state index is 0.245. The number of nitrogen functional groups attached to an aromatic ring is 1. The number of fused-ring (bicyclic) bond motifs is 1. The van der Waals surface area contributed by atoms with E-state index in [1.54, 1.807) is 12.3 Å². The lowest BCUT2D eigenvalue weighted by Crippen LogP contribution is -2.60. The molecule has 1 spiro atoms. The summed E-state index contributed by atoms with van der Waals surface area (Å²) >= 11 is 7.76. The number of benzene rings is 1. The highest BCUT2D eigenvalue weighted by atomic mass is 35.5. The molecule has 208 valence electrons. The molecule has 1 aliphatic heterocycles. The molecule has 1 fully saturated rings. The zero-order chi connectivity index (χ0) is 28.0. The van der Waals surface area contributed by atoms with Gasteiger partial charge >= 0.3 is 0 Å². The molecule has 5 rings (SSSR count). The second-order valence-electron chi connectivity index (χ2n) is 11.3. The van der Waals surface area contributed by atoms with E-state index in [0.29, 0.717) is 32.0 Å². The number of anilines is 1. The fourth-order valence-corrected chi connectivity index (χ4v) is 7.95. The predicted molar refractivity (Wildman–Crippen MR) is 157 cm³/mol. The summed E-state index contributed by atoms with van der Waals surface area (Å²) in [5, 5.41) is 15.2. The molecular weight excluding hydrogens is 552 g/mol. The van der Waals surface area contributed by atoms with E-state index in [1.165, 1.54) is 17.3 Å². The van der Waals surface area contributed by atoms with Gasteiger partial charge in [0.2, 0.25) is 0 Å². The maximum absolute atomic E-state index is 13.9. The van der Waals surface area contributed by atoms with Crippen molar-refractivity contribution in [2.24, 2.45) is 5.41 Å². The lowest BCUT2D eigenvalue weighted by molar-refractivity contribution is 0.102. The van der Waals surface area contributed by atoms with Crippen molar-refractivity contribution in [1.29, 1.82) is 0 Å². The number of nitrogens with zero attached hydrogens (tertiary/aromatic N) is 3. The standard InChI is InChI=1S/C28H35ClN6O2S2/c1-17-25(38-21-9-12-32-24(30)22(21)29)34-20(16-36)23(33-17)28(35-39(37)26(2,3)4)19-8-6-5-7-18(19)15-27(28)10-13-31-14-11-27/h5-9,12,31,35-36H,10-11,13-16H2,1-4H3,(H2,30,32)/t28-,39+/m0/s1. The molecule has 1 saturated heterocycles. The highest BCUT2D eigenvalue weighted by molar-refractivity contribution is 7.99. The first-order valence-corrected chi connectivity index (χ1v) is 15.4.